The van der Waals surface area contributed by atoms with E-state index in [-0.39, 0.29) is 5.75 Å². The van der Waals surface area contributed by atoms with Crippen LogP contribution in [0, 0.1) is 5.41 Å². The number of hydrogen-bond donors (Lipinski definition) is 2. The lowest BCUT2D eigenvalue weighted by Gasteiger charge is -2.40. The van der Waals surface area contributed by atoms with Gasteiger partial charge in [0, 0.05) is 18.6 Å². The second-order valence-corrected chi connectivity index (χ2v) is 5.07. The predicted molar refractivity (Wildman–Crippen MR) is 69.6 cm³/mol. The van der Waals surface area contributed by atoms with Gasteiger partial charge in [0.2, 0.25) is 0 Å². The number of hydrogen-bond acceptors (Lipinski definition) is 4. The molecule has 1 aromatic carbocycles. The molecule has 0 aliphatic carbocycles. The summed E-state index contributed by atoms with van der Waals surface area (Å²) in [5.74, 6) is 0.0673. The number of aliphatic hydroxyl groups is 1. The minimum Gasteiger partial charge on any atom is -0.435 e. The van der Waals surface area contributed by atoms with E-state index in [9.17, 15) is 13.9 Å². The van der Waals surface area contributed by atoms with Gasteiger partial charge in [0.25, 0.3) is 0 Å². The monoisotopic (exact) mass is 287 g/mol. The highest BCUT2D eigenvalue weighted by Gasteiger charge is 2.39. The number of halogens is 2. The summed E-state index contributed by atoms with van der Waals surface area (Å²) >= 11 is 0. The lowest BCUT2D eigenvalue weighted by atomic mass is 9.75. The molecule has 112 valence electrons. The van der Waals surface area contributed by atoms with Gasteiger partial charge in [0.05, 0.1) is 12.7 Å². The van der Waals surface area contributed by atoms with Gasteiger partial charge in [-0.05, 0) is 30.5 Å². The van der Waals surface area contributed by atoms with Crippen molar-refractivity contribution in [3.63, 3.8) is 0 Å². The molecule has 2 rings (SSSR count). The molecule has 0 amide bonds. The molecular weight excluding hydrogens is 268 g/mol. The van der Waals surface area contributed by atoms with Gasteiger partial charge in [-0.3, -0.25) is 0 Å². The van der Waals surface area contributed by atoms with Crippen molar-refractivity contribution in [2.45, 2.75) is 25.6 Å². The Hall–Kier alpha value is -1.24. The topological polar surface area (TPSA) is 64.7 Å². The highest BCUT2D eigenvalue weighted by Crippen LogP contribution is 2.40. The summed E-state index contributed by atoms with van der Waals surface area (Å²) in [5.41, 5.74) is 5.93. The lowest BCUT2D eigenvalue weighted by molar-refractivity contribution is -0.0782. The molecule has 6 heteroatoms. The molecule has 1 fully saturated rings. The number of nitrogens with two attached hydrogens (primary N) is 1. The van der Waals surface area contributed by atoms with E-state index in [1.165, 1.54) is 12.1 Å². The van der Waals surface area contributed by atoms with Gasteiger partial charge in [-0.2, -0.15) is 8.78 Å². The number of aliphatic hydroxyl groups excluding tert-OH is 1. The third-order valence-corrected chi connectivity index (χ3v) is 3.76. The zero-order valence-corrected chi connectivity index (χ0v) is 11.1. The number of ether oxygens (including phenoxy) is 2. The molecule has 1 aliphatic rings. The molecule has 3 N–H and O–H groups in total. The second-order valence-electron chi connectivity index (χ2n) is 5.07. The molecule has 2 atom stereocenters. The lowest BCUT2D eigenvalue weighted by Crippen LogP contribution is -2.43. The van der Waals surface area contributed by atoms with E-state index < -0.39 is 18.1 Å². The van der Waals surface area contributed by atoms with E-state index >= 15 is 0 Å². The van der Waals surface area contributed by atoms with Crippen LogP contribution in [0.1, 0.15) is 24.5 Å². The van der Waals surface area contributed by atoms with E-state index in [4.69, 9.17) is 10.5 Å². The summed E-state index contributed by atoms with van der Waals surface area (Å²) in [5, 5.41) is 10.5. The van der Waals surface area contributed by atoms with Crippen LogP contribution in [0.5, 0.6) is 5.75 Å². The maximum absolute atomic E-state index is 12.1. The third kappa shape index (κ3) is 3.26. The zero-order valence-electron chi connectivity index (χ0n) is 11.1. The second kappa shape index (κ2) is 6.47. The summed E-state index contributed by atoms with van der Waals surface area (Å²) in [4.78, 5) is 0. The standard InChI is InChI=1S/C14H19F2NO3/c15-13(16)20-11-4-2-10(3-5-11)12(18)14(8-17)6-1-7-19-9-14/h2-5,12-13,18H,1,6-9,17H2. The molecule has 20 heavy (non-hydrogen) atoms. The fraction of sp³-hybridized carbons (Fsp3) is 0.571. The Morgan fingerprint density at radius 2 is 2.05 bits per heavy atom. The highest BCUT2D eigenvalue weighted by atomic mass is 19.3. The smallest absolute Gasteiger partial charge is 0.387 e. The average Bonchev–Trinajstić information content (AvgIpc) is 2.47. The van der Waals surface area contributed by atoms with E-state index in [2.05, 4.69) is 4.74 Å². The fourth-order valence-corrected chi connectivity index (χ4v) is 2.55. The Morgan fingerprint density at radius 3 is 2.55 bits per heavy atom. The molecule has 1 heterocycles. The first kappa shape index (κ1) is 15.2. The van der Waals surface area contributed by atoms with E-state index in [1.807, 2.05) is 0 Å². The molecule has 1 aliphatic heterocycles. The zero-order chi connectivity index (χ0) is 14.6. The molecular formula is C14H19F2NO3. The molecule has 1 saturated heterocycles. The van der Waals surface area contributed by atoms with Crippen LogP contribution in [0.15, 0.2) is 24.3 Å². The van der Waals surface area contributed by atoms with Gasteiger partial charge in [-0.25, -0.2) is 0 Å². The van der Waals surface area contributed by atoms with Crippen LogP contribution in [0.25, 0.3) is 0 Å². The quantitative estimate of drug-likeness (QED) is 0.870. The fourth-order valence-electron chi connectivity index (χ4n) is 2.55. The van der Waals surface area contributed by atoms with E-state index in [0.717, 1.165) is 12.8 Å². The van der Waals surface area contributed by atoms with Crippen molar-refractivity contribution in [3.05, 3.63) is 29.8 Å². The van der Waals surface area contributed by atoms with Crippen LogP contribution >= 0.6 is 0 Å². The number of rotatable bonds is 5. The Balaban J connectivity index is 2.13. The maximum Gasteiger partial charge on any atom is 0.387 e. The Morgan fingerprint density at radius 1 is 1.35 bits per heavy atom. The van der Waals surface area contributed by atoms with Crippen LogP contribution in [0.2, 0.25) is 0 Å². The van der Waals surface area contributed by atoms with Gasteiger partial charge < -0.3 is 20.3 Å². The highest BCUT2D eigenvalue weighted by molar-refractivity contribution is 5.29. The predicted octanol–water partition coefficient (Wildman–Crippen LogP) is 2.08. The molecule has 0 aromatic heterocycles. The van der Waals surface area contributed by atoms with E-state index in [0.29, 0.717) is 25.3 Å². The normalized spacial score (nSPS) is 24.6. The first-order valence-corrected chi connectivity index (χ1v) is 6.58. The molecule has 4 nitrogen and oxygen atoms in total. The Bertz CT molecular complexity index is 419. The molecule has 0 bridgehead atoms. The van der Waals surface area contributed by atoms with Gasteiger partial charge in [-0.15, -0.1) is 0 Å². The summed E-state index contributed by atoms with van der Waals surface area (Å²) in [6, 6.07) is 5.99. The SMILES string of the molecule is NCC1(C(O)c2ccc(OC(F)F)cc2)CCCOC1. The maximum atomic E-state index is 12.1. The van der Waals surface area contributed by atoms with Crippen LogP contribution in [0.3, 0.4) is 0 Å². The molecule has 0 spiro atoms. The van der Waals surface area contributed by atoms with Crippen molar-refractivity contribution >= 4 is 0 Å². The van der Waals surface area contributed by atoms with Crippen LogP contribution in [-0.4, -0.2) is 31.5 Å². The van der Waals surface area contributed by atoms with Crippen molar-refractivity contribution in [2.24, 2.45) is 11.1 Å². The van der Waals surface area contributed by atoms with Crippen molar-refractivity contribution in [1.29, 1.82) is 0 Å². The van der Waals surface area contributed by atoms with Crippen LogP contribution < -0.4 is 10.5 Å². The Kier molecular flexibility index (Phi) is 4.91. The summed E-state index contributed by atoms with van der Waals surface area (Å²) < 4.78 is 33.9. The van der Waals surface area contributed by atoms with Gasteiger partial charge in [0.15, 0.2) is 0 Å². The third-order valence-electron chi connectivity index (χ3n) is 3.76. The van der Waals surface area contributed by atoms with Crippen molar-refractivity contribution in [3.8, 4) is 5.75 Å². The minimum absolute atomic E-state index is 0.0673. The average molecular weight is 287 g/mol. The molecule has 0 radical (unpaired) electrons. The summed E-state index contributed by atoms with van der Waals surface area (Å²) in [7, 11) is 0. The van der Waals surface area contributed by atoms with Gasteiger partial charge in [-0.1, -0.05) is 12.1 Å². The van der Waals surface area contributed by atoms with Gasteiger partial charge >= 0.3 is 6.61 Å². The first-order valence-electron chi connectivity index (χ1n) is 6.58. The number of benzene rings is 1. The van der Waals surface area contributed by atoms with Crippen LogP contribution in [-0.2, 0) is 4.74 Å². The largest absolute Gasteiger partial charge is 0.435 e. The van der Waals surface area contributed by atoms with Crippen molar-refractivity contribution in [2.75, 3.05) is 19.8 Å². The summed E-state index contributed by atoms with van der Waals surface area (Å²) in [6.45, 7) is -1.47. The van der Waals surface area contributed by atoms with Crippen molar-refractivity contribution < 1.29 is 23.4 Å². The summed E-state index contributed by atoms with van der Waals surface area (Å²) in [6.07, 6.45) is 0.842. The first-order chi connectivity index (χ1) is 9.57. The van der Waals surface area contributed by atoms with Gasteiger partial charge in [0.1, 0.15) is 5.75 Å². The van der Waals surface area contributed by atoms with Crippen molar-refractivity contribution in [1.82, 2.24) is 0 Å². The number of alkyl halides is 2. The molecule has 2 unspecified atom stereocenters. The van der Waals surface area contributed by atoms with Crippen LogP contribution in [0.4, 0.5) is 8.78 Å². The molecule has 1 aromatic rings. The minimum atomic E-state index is -2.85. The molecule has 0 saturated carbocycles. The van der Waals surface area contributed by atoms with E-state index in [1.54, 1.807) is 12.1 Å². The Labute approximate surface area is 116 Å².